The molecule has 6 heteroatoms. The van der Waals surface area contributed by atoms with Gasteiger partial charge in [0.15, 0.2) is 0 Å². The minimum atomic E-state index is -0.268. The van der Waals surface area contributed by atoms with E-state index >= 15 is 0 Å². The van der Waals surface area contributed by atoms with Gasteiger partial charge in [-0.3, -0.25) is 14.6 Å². The van der Waals surface area contributed by atoms with Gasteiger partial charge in [0.1, 0.15) is 0 Å². The molecule has 1 aromatic carbocycles. The van der Waals surface area contributed by atoms with Crippen LogP contribution in [0.5, 0.6) is 0 Å². The van der Waals surface area contributed by atoms with E-state index in [0.717, 1.165) is 31.2 Å². The van der Waals surface area contributed by atoms with Gasteiger partial charge < -0.3 is 14.9 Å². The summed E-state index contributed by atoms with van der Waals surface area (Å²) in [6.45, 7) is 2.44. The van der Waals surface area contributed by atoms with Gasteiger partial charge in [0.25, 0.3) is 0 Å². The van der Waals surface area contributed by atoms with E-state index in [4.69, 9.17) is 0 Å². The number of pyridine rings is 1. The largest absolute Gasteiger partial charge is 0.396 e. The number of benzene rings is 1. The van der Waals surface area contributed by atoms with Gasteiger partial charge in [0.2, 0.25) is 11.8 Å². The molecular weight excluding hydrogens is 390 g/mol. The number of hydrogen-bond donors (Lipinski definition) is 1. The Morgan fingerprint density at radius 3 is 2.52 bits per heavy atom. The van der Waals surface area contributed by atoms with Crippen molar-refractivity contribution in [1.29, 1.82) is 0 Å². The third-order valence-corrected chi connectivity index (χ3v) is 6.92. The van der Waals surface area contributed by atoms with Crippen LogP contribution in [0.2, 0.25) is 0 Å². The molecule has 2 amide bonds. The van der Waals surface area contributed by atoms with Gasteiger partial charge in [0, 0.05) is 51.6 Å². The number of nitrogens with zero attached hydrogens (tertiary/aromatic N) is 3. The number of aromatic nitrogens is 1. The second kappa shape index (κ2) is 9.60. The molecule has 0 bridgehead atoms. The molecule has 31 heavy (non-hydrogen) atoms. The van der Waals surface area contributed by atoms with Crippen LogP contribution in [0, 0.1) is 11.3 Å². The van der Waals surface area contributed by atoms with Crippen molar-refractivity contribution in [3.63, 3.8) is 0 Å². The first kappa shape index (κ1) is 21.5. The van der Waals surface area contributed by atoms with Crippen LogP contribution in [0.15, 0.2) is 54.9 Å². The van der Waals surface area contributed by atoms with E-state index < -0.39 is 0 Å². The third-order valence-electron chi connectivity index (χ3n) is 6.92. The zero-order chi connectivity index (χ0) is 21.7. The molecule has 2 fully saturated rings. The molecule has 2 aliphatic rings. The Morgan fingerprint density at radius 2 is 1.84 bits per heavy atom. The van der Waals surface area contributed by atoms with Crippen LogP contribution in [0.4, 0.5) is 0 Å². The van der Waals surface area contributed by atoms with Crippen molar-refractivity contribution in [2.24, 2.45) is 11.3 Å². The molecule has 3 heterocycles. The normalized spacial score (nSPS) is 20.8. The van der Waals surface area contributed by atoms with E-state index in [1.807, 2.05) is 35.2 Å². The fraction of sp³-hybridized carbons (Fsp3) is 0.480. The highest BCUT2D eigenvalue weighted by Crippen LogP contribution is 2.36. The van der Waals surface area contributed by atoms with E-state index in [2.05, 4.69) is 17.1 Å². The van der Waals surface area contributed by atoms with Crippen molar-refractivity contribution < 1.29 is 14.7 Å². The summed E-state index contributed by atoms with van der Waals surface area (Å²) in [5, 5.41) is 10.1. The van der Waals surface area contributed by atoms with Crippen LogP contribution in [0.3, 0.4) is 0 Å². The standard InChI is InChI=1S/C25H31N3O3/c29-19-25(9-8-20-5-2-1-3-6-20)10-13-27(14-11-25)24(31)22-15-23(30)28(18-22)17-21-7-4-12-26-16-21/h1-7,12,16,22,29H,8-11,13-15,17-19H2. The summed E-state index contributed by atoms with van der Waals surface area (Å²) in [7, 11) is 0. The van der Waals surface area contributed by atoms with Gasteiger partial charge in [-0.25, -0.2) is 0 Å². The molecule has 1 aromatic heterocycles. The lowest BCUT2D eigenvalue weighted by Crippen LogP contribution is -2.47. The molecule has 0 spiro atoms. The van der Waals surface area contributed by atoms with Crippen molar-refractivity contribution in [2.75, 3.05) is 26.2 Å². The number of aliphatic hydroxyl groups excluding tert-OH is 1. The molecule has 0 saturated carbocycles. The molecule has 1 unspecified atom stereocenters. The van der Waals surface area contributed by atoms with Crippen LogP contribution in [-0.2, 0) is 22.6 Å². The highest BCUT2D eigenvalue weighted by molar-refractivity contribution is 5.89. The molecule has 1 atom stereocenters. The molecule has 2 aliphatic heterocycles. The van der Waals surface area contributed by atoms with Crippen LogP contribution in [0.1, 0.15) is 36.8 Å². The van der Waals surface area contributed by atoms with Gasteiger partial charge in [-0.05, 0) is 48.3 Å². The number of rotatable bonds is 7. The van der Waals surface area contributed by atoms with Crippen molar-refractivity contribution in [2.45, 2.75) is 38.6 Å². The SMILES string of the molecule is O=C1CC(C(=O)N2CCC(CO)(CCc3ccccc3)CC2)CN1Cc1cccnc1. The Bertz CT molecular complexity index is 879. The van der Waals surface area contributed by atoms with E-state index in [9.17, 15) is 14.7 Å². The molecular formula is C25H31N3O3. The van der Waals surface area contributed by atoms with Crippen LogP contribution in [0.25, 0.3) is 0 Å². The summed E-state index contributed by atoms with van der Waals surface area (Å²) >= 11 is 0. The second-order valence-corrected chi connectivity index (χ2v) is 9.01. The lowest BCUT2D eigenvalue weighted by molar-refractivity contribution is -0.138. The highest BCUT2D eigenvalue weighted by Gasteiger charge is 2.40. The maximum absolute atomic E-state index is 13.1. The molecule has 2 aromatic rings. The van der Waals surface area contributed by atoms with Crippen molar-refractivity contribution in [1.82, 2.24) is 14.8 Å². The summed E-state index contributed by atoms with van der Waals surface area (Å²) in [4.78, 5) is 33.3. The number of carbonyl (C=O) groups is 2. The molecule has 0 aliphatic carbocycles. The van der Waals surface area contributed by atoms with Crippen LogP contribution < -0.4 is 0 Å². The van der Waals surface area contributed by atoms with Gasteiger partial charge in [-0.2, -0.15) is 0 Å². The predicted octanol–water partition coefficient (Wildman–Crippen LogP) is 2.66. The number of aryl methyl sites for hydroxylation is 1. The zero-order valence-corrected chi connectivity index (χ0v) is 17.9. The first-order chi connectivity index (χ1) is 15.1. The molecule has 1 N–H and O–H groups in total. The fourth-order valence-electron chi connectivity index (χ4n) is 4.80. The molecule has 6 nitrogen and oxygen atoms in total. The summed E-state index contributed by atoms with van der Waals surface area (Å²) in [5.74, 6) is -0.154. The first-order valence-electron chi connectivity index (χ1n) is 11.2. The lowest BCUT2D eigenvalue weighted by Gasteiger charge is -2.41. The Hall–Kier alpha value is -2.73. The number of carbonyl (C=O) groups excluding carboxylic acids is 2. The number of hydrogen-bond acceptors (Lipinski definition) is 4. The quantitative estimate of drug-likeness (QED) is 0.746. The number of aliphatic hydroxyl groups is 1. The number of piperidine rings is 1. The van der Waals surface area contributed by atoms with Gasteiger partial charge in [0.05, 0.1) is 5.92 Å². The average molecular weight is 422 g/mol. The monoisotopic (exact) mass is 421 g/mol. The molecule has 0 radical (unpaired) electrons. The Labute approximate surface area is 183 Å². The summed E-state index contributed by atoms with van der Waals surface area (Å²) in [6.07, 6.45) is 7.24. The lowest BCUT2D eigenvalue weighted by atomic mass is 9.74. The number of amides is 2. The van der Waals surface area contributed by atoms with E-state index in [0.29, 0.717) is 26.2 Å². The Morgan fingerprint density at radius 1 is 1.10 bits per heavy atom. The van der Waals surface area contributed by atoms with Gasteiger partial charge in [-0.15, -0.1) is 0 Å². The predicted molar refractivity (Wildman–Crippen MR) is 118 cm³/mol. The smallest absolute Gasteiger partial charge is 0.227 e. The summed E-state index contributed by atoms with van der Waals surface area (Å²) < 4.78 is 0. The maximum Gasteiger partial charge on any atom is 0.227 e. The van der Waals surface area contributed by atoms with E-state index in [1.54, 1.807) is 17.3 Å². The molecule has 4 rings (SSSR count). The molecule has 2 saturated heterocycles. The van der Waals surface area contributed by atoms with Crippen LogP contribution in [-0.4, -0.2) is 57.9 Å². The van der Waals surface area contributed by atoms with Crippen LogP contribution >= 0.6 is 0 Å². The van der Waals surface area contributed by atoms with Crippen molar-refractivity contribution >= 4 is 11.8 Å². The summed E-state index contributed by atoms with van der Waals surface area (Å²) in [5.41, 5.74) is 2.14. The first-order valence-corrected chi connectivity index (χ1v) is 11.2. The van der Waals surface area contributed by atoms with Gasteiger partial charge in [-0.1, -0.05) is 36.4 Å². The molecule has 164 valence electrons. The summed E-state index contributed by atoms with van der Waals surface area (Å²) in [6, 6.07) is 14.2. The van der Waals surface area contributed by atoms with E-state index in [1.165, 1.54) is 5.56 Å². The van der Waals surface area contributed by atoms with Crippen molar-refractivity contribution in [3.8, 4) is 0 Å². The minimum absolute atomic E-state index is 0.0341. The Kier molecular flexibility index (Phi) is 6.66. The topological polar surface area (TPSA) is 73.7 Å². The number of likely N-dealkylation sites (tertiary alicyclic amines) is 2. The third kappa shape index (κ3) is 5.13. The van der Waals surface area contributed by atoms with Gasteiger partial charge >= 0.3 is 0 Å². The fourth-order valence-corrected chi connectivity index (χ4v) is 4.80. The zero-order valence-electron chi connectivity index (χ0n) is 17.9. The van der Waals surface area contributed by atoms with Crippen molar-refractivity contribution in [3.05, 3.63) is 66.0 Å². The maximum atomic E-state index is 13.1. The second-order valence-electron chi connectivity index (χ2n) is 9.01. The average Bonchev–Trinajstić information content (AvgIpc) is 3.19. The minimum Gasteiger partial charge on any atom is -0.396 e. The Balaban J connectivity index is 1.30. The highest BCUT2D eigenvalue weighted by atomic mass is 16.3. The van der Waals surface area contributed by atoms with E-state index in [-0.39, 0.29) is 36.2 Å².